The van der Waals surface area contributed by atoms with Crippen molar-refractivity contribution < 1.29 is 9.84 Å². The average Bonchev–Trinajstić information content (AvgIpc) is 2.38. The van der Waals surface area contributed by atoms with Crippen LogP contribution in [0.3, 0.4) is 0 Å². The minimum atomic E-state index is -0.216. The predicted molar refractivity (Wildman–Crippen MR) is 65.9 cm³/mol. The Morgan fingerprint density at radius 1 is 1.47 bits per heavy atom. The van der Waals surface area contributed by atoms with Gasteiger partial charge in [-0.25, -0.2) is 4.98 Å². The number of methoxy groups -OCH3 is 1. The van der Waals surface area contributed by atoms with E-state index < -0.39 is 0 Å². The summed E-state index contributed by atoms with van der Waals surface area (Å²) in [5.41, 5.74) is 1.03. The fourth-order valence-electron chi connectivity index (χ4n) is 2.33. The lowest BCUT2D eigenvalue weighted by Crippen LogP contribution is -2.41. The minimum Gasteiger partial charge on any atom is -0.481 e. The summed E-state index contributed by atoms with van der Waals surface area (Å²) in [6.45, 7) is 0.693. The van der Waals surface area contributed by atoms with Crippen LogP contribution in [-0.4, -0.2) is 29.3 Å². The van der Waals surface area contributed by atoms with Crippen molar-refractivity contribution in [3.63, 3.8) is 0 Å². The molecule has 4 heteroatoms. The number of aromatic nitrogens is 1. The first-order chi connectivity index (χ1) is 8.31. The Balaban J connectivity index is 1.92. The van der Waals surface area contributed by atoms with Gasteiger partial charge in [0.25, 0.3) is 0 Å². The van der Waals surface area contributed by atoms with E-state index in [1.807, 2.05) is 12.1 Å². The minimum absolute atomic E-state index is 0.202. The van der Waals surface area contributed by atoms with Crippen molar-refractivity contribution in [3.8, 4) is 5.88 Å². The molecule has 0 saturated heterocycles. The molecule has 0 spiro atoms. The first-order valence-electron chi connectivity index (χ1n) is 6.20. The summed E-state index contributed by atoms with van der Waals surface area (Å²) in [7, 11) is 1.63. The lowest BCUT2D eigenvalue weighted by molar-refractivity contribution is 0.0901. The van der Waals surface area contributed by atoms with Gasteiger partial charge < -0.3 is 15.2 Å². The van der Waals surface area contributed by atoms with Gasteiger partial charge in [0.1, 0.15) is 0 Å². The average molecular weight is 236 g/mol. The molecule has 1 fully saturated rings. The maximum Gasteiger partial charge on any atom is 0.217 e. The summed E-state index contributed by atoms with van der Waals surface area (Å²) in [5.74, 6) is 0.658. The highest BCUT2D eigenvalue weighted by molar-refractivity contribution is 5.25. The Bertz CT molecular complexity index is 357. The van der Waals surface area contributed by atoms with Crippen LogP contribution in [0.2, 0.25) is 0 Å². The zero-order chi connectivity index (χ0) is 12.1. The standard InChI is InChI=1S/C13H20N2O2/c1-17-13-10(5-4-8-14-13)9-15-11-6-2-3-7-12(11)16/h4-5,8,11-12,15-16H,2-3,6-7,9H2,1H3/t11-,12-/m1/s1. The summed E-state index contributed by atoms with van der Waals surface area (Å²) in [5, 5.41) is 13.3. The van der Waals surface area contributed by atoms with Crippen LogP contribution in [0.5, 0.6) is 5.88 Å². The van der Waals surface area contributed by atoms with Gasteiger partial charge in [-0.05, 0) is 18.9 Å². The molecule has 0 aromatic carbocycles. The van der Waals surface area contributed by atoms with E-state index in [4.69, 9.17) is 4.74 Å². The van der Waals surface area contributed by atoms with Gasteiger partial charge in [-0.3, -0.25) is 0 Å². The van der Waals surface area contributed by atoms with E-state index in [9.17, 15) is 5.11 Å². The molecule has 0 radical (unpaired) electrons. The van der Waals surface area contributed by atoms with Crippen LogP contribution >= 0.6 is 0 Å². The SMILES string of the molecule is COc1ncccc1CN[C@@H]1CCCC[C@H]1O. The largest absolute Gasteiger partial charge is 0.481 e. The van der Waals surface area contributed by atoms with Crippen molar-refractivity contribution in [1.82, 2.24) is 10.3 Å². The van der Waals surface area contributed by atoms with E-state index in [-0.39, 0.29) is 12.1 Å². The predicted octanol–water partition coefficient (Wildman–Crippen LogP) is 1.48. The molecule has 1 aliphatic carbocycles. The summed E-state index contributed by atoms with van der Waals surface area (Å²) in [6.07, 6.45) is 5.78. The highest BCUT2D eigenvalue weighted by Gasteiger charge is 2.22. The smallest absolute Gasteiger partial charge is 0.217 e. The van der Waals surface area contributed by atoms with Gasteiger partial charge in [0, 0.05) is 24.3 Å². The van der Waals surface area contributed by atoms with Gasteiger partial charge in [-0.1, -0.05) is 18.9 Å². The number of nitrogens with zero attached hydrogens (tertiary/aromatic N) is 1. The van der Waals surface area contributed by atoms with Crippen LogP contribution in [0, 0.1) is 0 Å². The molecule has 4 nitrogen and oxygen atoms in total. The number of aliphatic hydroxyl groups excluding tert-OH is 1. The number of ether oxygens (including phenoxy) is 1. The van der Waals surface area contributed by atoms with Gasteiger partial charge in [0.05, 0.1) is 13.2 Å². The molecular formula is C13H20N2O2. The maximum atomic E-state index is 9.86. The van der Waals surface area contributed by atoms with Crippen LogP contribution in [0.1, 0.15) is 31.2 Å². The molecule has 1 aliphatic rings. The van der Waals surface area contributed by atoms with Crippen molar-refractivity contribution >= 4 is 0 Å². The number of pyridine rings is 1. The molecule has 1 aromatic heterocycles. The third-order valence-corrected chi connectivity index (χ3v) is 3.33. The molecule has 2 atom stereocenters. The van der Waals surface area contributed by atoms with E-state index in [0.717, 1.165) is 24.8 Å². The van der Waals surface area contributed by atoms with Crippen LogP contribution in [0.4, 0.5) is 0 Å². The molecule has 0 aliphatic heterocycles. The first kappa shape index (κ1) is 12.3. The van der Waals surface area contributed by atoms with E-state index in [1.165, 1.54) is 6.42 Å². The van der Waals surface area contributed by atoms with Crippen molar-refractivity contribution in [2.24, 2.45) is 0 Å². The zero-order valence-corrected chi connectivity index (χ0v) is 10.2. The molecule has 1 heterocycles. The molecule has 1 saturated carbocycles. The summed E-state index contributed by atoms with van der Waals surface area (Å²) in [4.78, 5) is 4.16. The van der Waals surface area contributed by atoms with E-state index in [0.29, 0.717) is 12.4 Å². The molecule has 2 N–H and O–H groups in total. The van der Waals surface area contributed by atoms with Crippen molar-refractivity contribution in [1.29, 1.82) is 0 Å². The second-order valence-corrected chi connectivity index (χ2v) is 4.51. The Labute approximate surface area is 102 Å². The number of nitrogens with one attached hydrogen (secondary N) is 1. The van der Waals surface area contributed by atoms with Crippen molar-refractivity contribution in [2.75, 3.05) is 7.11 Å². The van der Waals surface area contributed by atoms with Crippen LogP contribution in [0.15, 0.2) is 18.3 Å². The molecule has 1 aromatic rings. The van der Waals surface area contributed by atoms with Gasteiger partial charge >= 0.3 is 0 Å². The third kappa shape index (κ3) is 3.17. The second kappa shape index (κ2) is 5.98. The second-order valence-electron chi connectivity index (χ2n) is 4.51. The fraction of sp³-hybridized carbons (Fsp3) is 0.615. The molecule has 94 valence electrons. The number of hydrogen-bond acceptors (Lipinski definition) is 4. The fourth-order valence-corrected chi connectivity index (χ4v) is 2.33. The monoisotopic (exact) mass is 236 g/mol. The zero-order valence-electron chi connectivity index (χ0n) is 10.2. The summed E-state index contributed by atoms with van der Waals surface area (Å²) in [6, 6.07) is 4.10. The number of aliphatic hydroxyl groups is 1. The highest BCUT2D eigenvalue weighted by atomic mass is 16.5. The van der Waals surface area contributed by atoms with Gasteiger partial charge in [0.15, 0.2) is 0 Å². The van der Waals surface area contributed by atoms with E-state index in [1.54, 1.807) is 13.3 Å². The molecule has 17 heavy (non-hydrogen) atoms. The lowest BCUT2D eigenvalue weighted by Gasteiger charge is -2.28. The highest BCUT2D eigenvalue weighted by Crippen LogP contribution is 2.20. The van der Waals surface area contributed by atoms with Gasteiger partial charge in [-0.15, -0.1) is 0 Å². The molecule has 2 rings (SSSR count). The molecule has 0 bridgehead atoms. The van der Waals surface area contributed by atoms with Crippen molar-refractivity contribution in [2.45, 2.75) is 44.4 Å². The Kier molecular flexibility index (Phi) is 4.34. The van der Waals surface area contributed by atoms with E-state index in [2.05, 4.69) is 10.3 Å². The lowest BCUT2D eigenvalue weighted by atomic mass is 9.92. The van der Waals surface area contributed by atoms with Gasteiger partial charge in [-0.2, -0.15) is 0 Å². The Hall–Kier alpha value is -1.13. The summed E-state index contributed by atoms with van der Waals surface area (Å²) >= 11 is 0. The normalized spacial score (nSPS) is 24.6. The van der Waals surface area contributed by atoms with Crippen LogP contribution in [-0.2, 0) is 6.54 Å². The van der Waals surface area contributed by atoms with Crippen LogP contribution < -0.4 is 10.1 Å². The quantitative estimate of drug-likeness (QED) is 0.831. The topological polar surface area (TPSA) is 54.4 Å². The van der Waals surface area contributed by atoms with E-state index >= 15 is 0 Å². The summed E-state index contributed by atoms with van der Waals surface area (Å²) < 4.78 is 5.20. The maximum absolute atomic E-state index is 9.86. The Morgan fingerprint density at radius 3 is 3.06 bits per heavy atom. The Morgan fingerprint density at radius 2 is 2.29 bits per heavy atom. The first-order valence-corrected chi connectivity index (χ1v) is 6.20. The number of rotatable bonds is 4. The third-order valence-electron chi connectivity index (χ3n) is 3.33. The van der Waals surface area contributed by atoms with Crippen LogP contribution in [0.25, 0.3) is 0 Å². The van der Waals surface area contributed by atoms with Gasteiger partial charge in [0.2, 0.25) is 5.88 Å². The molecule has 0 amide bonds. The molecular weight excluding hydrogens is 216 g/mol. The van der Waals surface area contributed by atoms with Crippen molar-refractivity contribution in [3.05, 3.63) is 23.9 Å². The number of hydrogen-bond donors (Lipinski definition) is 2. The molecule has 0 unspecified atom stereocenters.